The molecule has 6 heteroatoms. The second kappa shape index (κ2) is 7.02. The van der Waals surface area contributed by atoms with E-state index in [2.05, 4.69) is 10.2 Å². The van der Waals surface area contributed by atoms with E-state index in [9.17, 15) is 18.3 Å². The fraction of sp³-hybridized carbons (Fsp3) is 0.667. The van der Waals surface area contributed by atoms with Crippen LogP contribution in [0.3, 0.4) is 0 Å². The summed E-state index contributed by atoms with van der Waals surface area (Å²) in [4.78, 5) is 2.33. The molecule has 134 valence electrons. The van der Waals surface area contributed by atoms with Gasteiger partial charge in [0.1, 0.15) is 0 Å². The van der Waals surface area contributed by atoms with Gasteiger partial charge in [0, 0.05) is 19.6 Å². The molecule has 2 aliphatic rings. The highest BCUT2D eigenvalue weighted by Crippen LogP contribution is 2.37. The molecule has 0 amide bonds. The maximum absolute atomic E-state index is 12.9. The first-order valence-electron chi connectivity index (χ1n) is 8.70. The number of piperidine rings is 2. The molecule has 2 N–H and O–H groups in total. The fourth-order valence-corrected chi connectivity index (χ4v) is 3.82. The molecule has 2 fully saturated rings. The maximum Gasteiger partial charge on any atom is 0.416 e. The molecule has 0 aromatic heterocycles. The Morgan fingerprint density at radius 2 is 2.00 bits per heavy atom. The van der Waals surface area contributed by atoms with Crippen LogP contribution >= 0.6 is 0 Å². The molecule has 1 atom stereocenters. The third kappa shape index (κ3) is 4.10. The Morgan fingerprint density at radius 3 is 2.62 bits per heavy atom. The number of aliphatic hydroxyl groups is 1. The largest absolute Gasteiger partial charge is 0.416 e. The topological polar surface area (TPSA) is 35.5 Å². The van der Waals surface area contributed by atoms with E-state index in [1.807, 2.05) is 0 Å². The zero-order valence-corrected chi connectivity index (χ0v) is 13.8. The molecule has 0 bridgehead atoms. The number of halogens is 3. The van der Waals surface area contributed by atoms with Crippen molar-refractivity contribution in [3.63, 3.8) is 0 Å². The van der Waals surface area contributed by atoms with Gasteiger partial charge in [-0.2, -0.15) is 13.2 Å². The van der Waals surface area contributed by atoms with Crippen molar-refractivity contribution in [2.75, 3.05) is 32.7 Å². The molecule has 1 aromatic rings. The Labute approximate surface area is 140 Å². The van der Waals surface area contributed by atoms with Crippen LogP contribution in [0, 0.1) is 5.92 Å². The zero-order valence-electron chi connectivity index (χ0n) is 13.8. The number of alkyl halides is 3. The van der Waals surface area contributed by atoms with Crippen molar-refractivity contribution in [2.24, 2.45) is 5.92 Å². The standard InChI is InChI=1S/C18H25F3N2O/c19-18(20,21)16-5-1-4-15(11-16)17(24)6-9-23(10-7-17)13-14-3-2-8-22-12-14/h1,4-5,11,14,22,24H,2-3,6-10,12-13H2/t14-/m0/s1. The molecule has 3 rings (SSSR count). The first kappa shape index (κ1) is 17.7. The molecule has 1 aromatic carbocycles. The number of nitrogens with one attached hydrogen (secondary N) is 1. The highest BCUT2D eigenvalue weighted by Gasteiger charge is 2.37. The predicted octanol–water partition coefficient (Wildman–Crippen LogP) is 2.99. The number of nitrogens with zero attached hydrogens (tertiary/aromatic N) is 1. The molecule has 2 aliphatic heterocycles. The van der Waals surface area contributed by atoms with E-state index >= 15 is 0 Å². The van der Waals surface area contributed by atoms with Crippen molar-refractivity contribution < 1.29 is 18.3 Å². The van der Waals surface area contributed by atoms with Crippen molar-refractivity contribution in [2.45, 2.75) is 37.5 Å². The Morgan fingerprint density at radius 1 is 1.25 bits per heavy atom. The summed E-state index contributed by atoms with van der Waals surface area (Å²) in [6.07, 6.45) is -0.988. The van der Waals surface area contributed by atoms with E-state index in [4.69, 9.17) is 0 Å². The van der Waals surface area contributed by atoms with Crippen LogP contribution in [0.1, 0.15) is 36.8 Å². The summed E-state index contributed by atoms with van der Waals surface area (Å²) in [5, 5.41) is 14.3. The Hall–Kier alpha value is -1.11. The predicted molar refractivity (Wildman–Crippen MR) is 86.6 cm³/mol. The summed E-state index contributed by atoms with van der Waals surface area (Å²) in [6, 6.07) is 5.14. The molecule has 24 heavy (non-hydrogen) atoms. The summed E-state index contributed by atoms with van der Waals surface area (Å²) in [5.74, 6) is 0.638. The zero-order chi connectivity index (χ0) is 17.2. The van der Waals surface area contributed by atoms with Crippen LogP contribution in [-0.2, 0) is 11.8 Å². The maximum atomic E-state index is 12.9. The number of benzene rings is 1. The minimum atomic E-state index is -4.37. The average molecular weight is 342 g/mol. The quantitative estimate of drug-likeness (QED) is 0.886. The highest BCUT2D eigenvalue weighted by atomic mass is 19.4. The SMILES string of the molecule is OC1(c2cccc(C(F)(F)F)c2)CCN(C[C@H]2CCCNC2)CC1. The van der Waals surface area contributed by atoms with Crippen LogP contribution < -0.4 is 5.32 Å². The van der Waals surface area contributed by atoms with Crippen molar-refractivity contribution in [1.29, 1.82) is 0 Å². The third-order valence-corrected chi connectivity index (χ3v) is 5.33. The summed E-state index contributed by atoms with van der Waals surface area (Å²) in [6.45, 7) is 4.58. The lowest BCUT2D eigenvalue weighted by Crippen LogP contribution is -2.46. The third-order valence-electron chi connectivity index (χ3n) is 5.33. The van der Waals surface area contributed by atoms with Gasteiger partial charge in [-0.1, -0.05) is 12.1 Å². The number of likely N-dealkylation sites (tertiary alicyclic amines) is 1. The lowest BCUT2D eigenvalue weighted by molar-refractivity contribution is -0.137. The average Bonchev–Trinajstić information content (AvgIpc) is 2.57. The monoisotopic (exact) mass is 342 g/mol. The van der Waals surface area contributed by atoms with E-state index in [-0.39, 0.29) is 0 Å². The molecule has 2 saturated heterocycles. The molecule has 2 heterocycles. The van der Waals surface area contributed by atoms with E-state index in [0.29, 0.717) is 24.3 Å². The summed E-state index contributed by atoms with van der Waals surface area (Å²) >= 11 is 0. The lowest BCUT2D eigenvalue weighted by Gasteiger charge is -2.40. The number of hydrogen-bond donors (Lipinski definition) is 2. The first-order chi connectivity index (χ1) is 11.4. The van der Waals surface area contributed by atoms with Gasteiger partial charge in [0.05, 0.1) is 11.2 Å². The van der Waals surface area contributed by atoms with Gasteiger partial charge in [0.2, 0.25) is 0 Å². The molecule has 0 aliphatic carbocycles. The minimum absolute atomic E-state index is 0.385. The Balaban J connectivity index is 1.62. The molecule has 0 spiro atoms. The van der Waals surface area contributed by atoms with Gasteiger partial charge in [-0.3, -0.25) is 0 Å². The molecular formula is C18H25F3N2O. The van der Waals surface area contributed by atoms with Gasteiger partial charge < -0.3 is 15.3 Å². The second-order valence-corrected chi connectivity index (χ2v) is 7.12. The molecular weight excluding hydrogens is 317 g/mol. The van der Waals surface area contributed by atoms with Gasteiger partial charge >= 0.3 is 6.18 Å². The van der Waals surface area contributed by atoms with Crippen molar-refractivity contribution in [1.82, 2.24) is 10.2 Å². The lowest BCUT2D eigenvalue weighted by atomic mass is 9.83. The van der Waals surface area contributed by atoms with Gasteiger partial charge in [-0.25, -0.2) is 0 Å². The van der Waals surface area contributed by atoms with E-state index in [1.165, 1.54) is 18.9 Å². The first-order valence-corrected chi connectivity index (χ1v) is 8.70. The van der Waals surface area contributed by atoms with E-state index in [0.717, 1.165) is 44.9 Å². The summed E-state index contributed by atoms with van der Waals surface area (Å²) < 4.78 is 38.7. The summed E-state index contributed by atoms with van der Waals surface area (Å²) in [7, 11) is 0. The fourth-order valence-electron chi connectivity index (χ4n) is 3.82. The normalized spacial score (nSPS) is 25.6. The Kier molecular flexibility index (Phi) is 5.18. The van der Waals surface area contributed by atoms with Crippen LogP contribution in [-0.4, -0.2) is 42.7 Å². The number of hydrogen-bond acceptors (Lipinski definition) is 3. The van der Waals surface area contributed by atoms with Gasteiger partial charge in [0.15, 0.2) is 0 Å². The number of rotatable bonds is 3. The molecule has 0 unspecified atom stereocenters. The van der Waals surface area contributed by atoms with Crippen molar-refractivity contribution in [3.8, 4) is 0 Å². The van der Waals surface area contributed by atoms with E-state index < -0.39 is 17.3 Å². The second-order valence-electron chi connectivity index (χ2n) is 7.12. The van der Waals surface area contributed by atoms with Crippen LogP contribution in [0.2, 0.25) is 0 Å². The van der Waals surface area contributed by atoms with Crippen LogP contribution in [0.15, 0.2) is 24.3 Å². The summed E-state index contributed by atoms with van der Waals surface area (Å²) in [5.41, 5.74) is -1.46. The smallest absolute Gasteiger partial charge is 0.385 e. The molecule has 3 nitrogen and oxygen atoms in total. The van der Waals surface area contributed by atoms with Crippen LogP contribution in [0.25, 0.3) is 0 Å². The molecule has 0 saturated carbocycles. The van der Waals surface area contributed by atoms with Crippen LogP contribution in [0.5, 0.6) is 0 Å². The minimum Gasteiger partial charge on any atom is -0.385 e. The van der Waals surface area contributed by atoms with Gasteiger partial charge in [-0.05, 0) is 62.4 Å². The van der Waals surface area contributed by atoms with Crippen molar-refractivity contribution >= 4 is 0 Å². The van der Waals surface area contributed by atoms with Gasteiger partial charge in [-0.15, -0.1) is 0 Å². The van der Waals surface area contributed by atoms with Crippen molar-refractivity contribution in [3.05, 3.63) is 35.4 Å². The highest BCUT2D eigenvalue weighted by molar-refractivity contribution is 5.30. The van der Waals surface area contributed by atoms with E-state index in [1.54, 1.807) is 6.07 Å². The van der Waals surface area contributed by atoms with Crippen LogP contribution in [0.4, 0.5) is 13.2 Å². The molecule has 0 radical (unpaired) electrons. The van der Waals surface area contributed by atoms with Gasteiger partial charge in [0.25, 0.3) is 0 Å². The Bertz CT molecular complexity index is 547.